The van der Waals surface area contributed by atoms with Gasteiger partial charge >= 0.3 is 5.97 Å². The standard InChI is InChI=1S/C25H25N5O7S/c1-25(2)19(24(36)37)30-22(35)18(23(30)38-25)28-21(34)17(13-8-4-3-5-9-13)27-16(32)12-26-29-20(33)14-10-6-7-11-15(14)31/h3-12,17-19,23,31H,1-2H3,(H,27,32)(H,28,34)(H,29,33)(H,36,37)/b26-12+/t17?,18?,19-,23+/m0/s1. The number of para-hydroxylation sites is 1. The second-order valence-corrected chi connectivity index (χ2v) is 10.9. The van der Waals surface area contributed by atoms with Crippen LogP contribution in [0.2, 0.25) is 0 Å². The Morgan fingerprint density at radius 1 is 1.08 bits per heavy atom. The number of aliphatic carboxylic acids is 1. The van der Waals surface area contributed by atoms with E-state index in [1.54, 1.807) is 56.3 Å². The third-order valence-corrected chi connectivity index (χ3v) is 7.72. The van der Waals surface area contributed by atoms with E-state index < -0.39 is 57.8 Å². The van der Waals surface area contributed by atoms with E-state index in [-0.39, 0.29) is 11.3 Å². The monoisotopic (exact) mass is 539 g/mol. The lowest BCUT2D eigenvalue weighted by Crippen LogP contribution is -2.71. The molecule has 4 atom stereocenters. The van der Waals surface area contributed by atoms with E-state index in [2.05, 4.69) is 21.2 Å². The fraction of sp³-hybridized carbons (Fsp3) is 0.280. The molecule has 0 spiro atoms. The van der Waals surface area contributed by atoms with E-state index in [0.717, 1.165) is 6.21 Å². The van der Waals surface area contributed by atoms with Crippen molar-refractivity contribution in [2.45, 2.75) is 42.1 Å². The molecular formula is C25H25N5O7S. The van der Waals surface area contributed by atoms with Crippen molar-refractivity contribution in [1.29, 1.82) is 0 Å². The van der Waals surface area contributed by atoms with E-state index in [4.69, 9.17) is 0 Å². The Bertz CT molecular complexity index is 1320. The van der Waals surface area contributed by atoms with Gasteiger partial charge in [-0.15, -0.1) is 11.8 Å². The third-order valence-electron chi connectivity index (χ3n) is 6.15. The number of aromatic hydroxyl groups is 1. The third kappa shape index (κ3) is 5.18. The largest absolute Gasteiger partial charge is 0.507 e. The van der Waals surface area contributed by atoms with Crippen molar-refractivity contribution < 1.29 is 34.2 Å². The van der Waals surface area contributed by atoms with E-state index in [9.17, 15) is 34.2 Å². The molecule has 0 bridgehead atoms. The maximum atomic E-state index is 13.2. The summed E-state index contributed by atoms with van der Waals surface area (Å²) >= 11 is 1.29. The van der Waals surface area contributed by atoms with Crippen LogP contribution in [-0.4, -0.2) is 73.1 Å². The molecule has 2 saturated heterocycles. The highest BCUT2D eigenvalue weighted by atomic mass is 32.2. The summed E-state index contributed by atoms with van der Waals surface area (Å²) in [6.07, 6.45) is 0.768. The van der Waals surface area contributed by atoms with Gasteiger partial charge in [0.15, 0.2) is 0 Å². The molecule has 0 saturated carbocycles. The molecule has 0 aliphatic carbocycles. The SMILES string of the molecule is CC1(C)S[C@@H]2C(NC(=O)C(NC(=O)/C=N/NC(=O)c3ccccc3O)c3ccccc3)C(=O)N2[C@H]1C(=O)O. The van der Waals surface area contributed by atoms with Gasteiger partial charge in [-0.1, -0.05) is 42.5 Å². The summed E-state index contributed by atoms with van der Waals surface area (Å²) in [5, 5.41) is 27.5. The number of hydrazone groups is 1. The lowest BCUT2D eigenvalue weighted by molar-refractivity contribution is -0.161. The number of amides is 4. The van der Waals surface area contributed by atoms with E-state index in [0.29, 0.717) is 5.56 Å². The number of carbonyl (C=O) groups excluding carboxylic acids is 4. The fourth-order valence-electron chi connectivity index (χ4n) is 4.38. The molecule has 4 amide bonds. The minimum absolute atomic E-state index is 0.0381. The number of hydrogen-bond acceptors (Lipinski definition) is 8. The first-order valence-electron chi connectivity index (χ1n) is 11.5. The highest BCUT2D eigenvalue weighted by molar-refractivity contribution is 8.01. The Balaban J connectivity index is 1.43. The molecule has 2 unspecified atom stereocenters. The van der Waals surface area contributed by atoms with Crippen LogP contribution in [0.5, 0.6) is 5.75 Å². The first kappa shape index (κ1) is 26.7. The predicted molar refractivity (Wildman–Crippen MR) is 137 cm³/mol. The average Bonchev–Trinajstić information content (AvgIpc) is 3.14. The number of nitrogens with zero attached hydrogens (tertiary/aromatic N) is 2. The van der Waals surface area contributed by atoms with Crippen molar-refractivity contribution in [2.24, 2.45) is 5.10 Å². The number of hydrogen-bond donors (Lipinski definition) is 5. The van der Waals surface area contributed by atoms with Gasteiger partial charge in [0.05, 0.1) is 5.56 Å². The molecule has 38 heavy (non-hydrogen) atoms. The number of fused-ring (bicyclic) bond motifs is 1. The molecule has 2 aliphatic heterocycles. The van der Waals surface area contributed by atoms with Crippen molar-refractivity contribution >= 4 is 47.6 Å². The summed E-state index contributed by atoms with van der Waals surface area (Å²) in [5.74, 6) is -4.11. The molecular weight excluding hydrogens is 514 g/mol. The van der Waals surface area contributed by atoms with Crippen LogP contribution in [0, 0.1) is 0 Å². The first-order valence-corrected chi connectivity index (χ1v) is 12.4. The number of carboxylic acids is 1. The average molecular weight is 540 g/mol. The number of rotatable bonds is 8. The minimum Gasteiger partial charge on any atom is -0.507 e. The number of carboxylic acid groups (broad SMARTS) is 1. The van der Waals surface area contributed by atoms with Crippen LogP contribution in [0.1, 0.15) is 35.8 Å². The number of phenolic OH excluding ortho intramolecular Hbond substituents is 1. The van der Waals surface area contributed by atoms with Crippen molar-refractivity contribution in [2.75, 3.05) is 0 Å². The van der Waals surface area contributed by atoms with Gasteiger partial charge in [-0.2, -0.15) is 5.10 Å². The normalized spacial score (nSPS) is 22.2. The molecule has 12 nitrogen and oxygen atoms in total. The van der Waals surface area contributed by atoms with Crippen molar-refractivity contribution in [3.8, 4) is 5.75 Å². The number of carbonyl (C=O) groups is 5. The summed E-state index contributed by atoms with van der Waals surface area (Å²) < 4.78 is -0.754. The zero-order valence-corrected chi connectivity index (χ0v) is 21.1. The molecule has 0 radical (unpaired) electrons. The zero-order chi connectivity index (χ0) is 27.6. The Hall–Kier alpha value is -4.39. The van der Waals surface area contributed by atoms with Gasteiger partial charge < -0.3 is 25.7 Å². The molecule has 4 rings (SSSR count). The Morgan fingerprint density at radius 2 is 1.74 bits per heavy atom. The summed E-state index contributed by atoms with van der Waals surface area (Å²) in [6, 6.07) is 10.9. The molecule has 2 fully saturated rings. The van der Waals surface area contributed by atoms with Crippen LogP contribution >= 0.6 is 11.8 Å². The van der Waals surface area contributed by atoms with Crippen LogP contribution in [0.25, 0.3) is 0 Å². The van der Waals surface area contributed by atoms with Crippen LogP contribution < -0.4 is 16.1 Å². The lowest BCUT2D eigenvalue weighted by Gasteiger charge is -2.44. The topological polar surface area (TPSA) is 178 Å². The van der Waals surface area contributed by atoms with E-state index in [1.165, 1.54) is 28.8 Å². The maximum absolute atomic E-state index is 13.2. The number of phenols is 1. The highest BCUT2D eigenvalue weighted by Crippen LogP contribution is 2.50. The molecule has 5 N–H and O–H groups in total. The summed E-state index contributed by atoms with van der Waals surface area (Å²) in [4.78, 5) is 63.7. The highest BCUT2D eigenvalue weighted by Gasteiger charge is 2.64. The molecule has 2 aromatic rings. The van der Waals surface area contributed by atoms with Crippen molar-refractivity contribution in [1.82, 2.24) is 21.0 Å². The molecule has 2 aliphatic rings. The smallest absolute Gasteiger partial charge is 0.327 e. The first-order chi connectivity index (χ1) is 18.0. The van der Waals surface area contributed by atoms with E-state index in [1.807, 2.05) is 0 Å². The van der Waals surface area contributed by atoms with Gasteiger partial charge in [-0.05, 0) is 31.5 Å². The Kier molecular flexibility index (Phi) is 7.39. The quantitative estimate of drug-likeness (QED) is 0.184. The van der Waals surface area contributed by atoms with E-state index >= 15 is 0 Å². The molecule has 0 aromatic heterocycles. The van der Waals surface area contributed by atoms with Crippen LogP contribution in [-0.2, 0) is 19.2 Å². The second kappa shape index (κ2) is 10.5. The second-order valence-electron chi connectivity index (χ2n) is 9.15. The number of benzene rings is 2. The van der Waals surface area contributed by atoms with Crippen LogP contribution in [0.4, 0.5) is 0 Å². The number of nitrogens with one attached hydrogen (secondary N) is 3. The van der Waals surface area contributed by atoms with Crippen LogP contribution in [0.15, 0.2) is 59.7 Å². The molecule has 2 aromatic carbocycles. The maximum Gasteiger partial charge on any atom is 0.327 e. The van der Waals surface area contributed by atoms with Gasteiger partial charge in [-0.3, -0.25) is 19.2 Å². The zero-order valence-electron chi connectivity index (χ0n) is 20.3. The van der Waals surface area contributed by atoms with Crippen molar-refractivity contribution in [3.05, 3.63) is 65.7 Å². The van der Waals surface area contributed by atoms with Gasteiger partial charge in [0.2, 0.25) is 11.8 Å². The fourth-order valence-corrected chi connectivity index (χ4v) is 6.01. The summed E-state index contributed by atoms with van der Waals surface area (Å²) in [7, 11) is 0. The number of β-lactam (4-membered cyclic amide) rings is 1. The van der Waals surface area contributed by atoms with Gasteiger partial charge in [0.1, 0.15) is 35.5 Å². The summed E-state index contributed by atoms with van der Waals surface area (Å²) in [5.41, 5.74) is 2.51. The lowest BCUT2D eigenvalue weighted by atomic mass is 9.95. The van der Waals surface area contributed by atoms with Gasteiger partial charge in [0.25, 0.3) is 11.8 Å². The van der Waals surface area contributed by atoms with Crippen LogP contribution in [0.3, 0.4) is 0 Å². The minimum atomic E-state index is -1.21. The Morgan fingerprint density at radius 3 is 2.39 bits per heavy atom. The summed E-state index contributed by atoms with van der Waals surface area (Å²) in [6.45, 7) is 3.45. The molecule has 2 heterocycles. The predicted octanol–water partition coefficient (Wildman–Crippen LogP) is 0.597. The molecule has 198 valence electrons. The van der Waals surface area contributed by atoms with Gasteiger partial charge in [-0.25, -0.2) is 10.2 Å². The number of thioether (sulfide) groups is 1. The Labute approximate surface area is 221 Å². The van der Waals surface area contributed by atoms with Gasteiger partial charge in [0, 0.05) is 4.75 Å². The molecule has 13 heteroatoms. The van der Waals surface area contributed by atoms with Crippen molar-refractivity contribution in [3.63, 3.8) is 0 Å².